The van der Waals surface area contributed by atoms with Crippen molar-refractivity contribution in [2.24, 2.45) is 0 Å². The molecule has 126 valence electrons. The molecule has 0 aliphatic carbocycles. The van der Waals surface area contributed by atoms with Crippen LogP contribution in [0.25, 0.3) is 0 Å². The number of likely N-dealkylation sites (tertiary alicyclic amines) is 2. The van der Waals surface area contributed by atoms with Crippen LogP contribution in [0.4, 0.5) is 0 Å². The fourth-order valence-electron chi connectivity index (χ4n) is 3.44. The van der Waals surface area contributed by atoms with Crippen LogP contribution in [-0.2, 0) is 9.59 Å². The second-order valence-corrected chi connectivity index (χ2v) is 6.64. The van der Waals surface area contributed by atoms with Crippen LogP contribution in [0.3, 0.4) is 0 Å². The van der Waals surface area contributed by atoms with Gasteiger partial charge in [-0.25, -0.2) is 0 Å². The van der Waals surface area contributed by atoms with E-state index < -0.39 is 0 Å². The van der Waals surface area contributed by atoms with E-state index >= 15 is 0 Å². The van der Waals surface area contributed by atoms with E-state index in [4.69, 9.17) is 0 Å². The van der Waals surface area contributed by atoms with Crippen LogP contribution >= 0.6 is 0 Å². The Kier molecular flexibility index (Phi) is 6.20. The van der Waals surface area contributed by atoms with E-state index in [1.54, 1.807) is 19.0 Å². The zero-order chi connectivity index (χ0) is 16.1. The molecule has 1 unspecified atom stereocenters. The van der Waals surface area contributed by atoms with Gasteiger partial charge in [-0.05, 0) is 38.8 Å². The van der Waals surface area contributed by atoms with Crippen molar-refractivity contribution in [3.05, 3.63) is 0 Å². The van der Waals surface area contributed by atoms with Crippen molar-refractivity contribution in [2.75, 3.05) is 46.8 Å². The molecule has 0 saturated carbocycles. The Morgan fingerprint density at radius 2 is 1.82 bits per heavy atom. The number of rotatable bonds is 5. The number of nitrogens with zero attached hydrogens (tertiary/aromatic N) is 3. The Hall–Kier alpha value is -1.14. The van der Waals surface area contributed by atoms with Crippen molar-refractivity contribution in [1.82, 2.24) is 20.0 Å². The number of carbonyl (C=O) groups excluding carboxylic acids is 2. The van der Waals surface area contributed by atoms with Gasteiger partial charge in [0.25, 0.3) is 0 Å². The summed E-state index contributed by atoms with van der Waals surface area (Å²) in [6.07, 6.45) is 3.91. The van der Waals surface area contributed by atoms with Gasteiger partial charge in [0.1, 0.15) is 0 Å². The largest absolute Gasteiger partial charge is 0.352 e. The van der Waals surface area contributed by atoms with Gasteiger partial charge in [0.05, 0.1) is 12.6 Å². The highest BCUT2D eigenvalue weighted by Gasteiger charge is 2.33. The molecule has 0 aromatic heterocycles. The SMILES string of the molecule is CCN1CCC(NC(=O)CN2CCCC2C(=O)N(C)C)CC1. The summed E-state index contributed by atoms with van der Waals surface area (Å²) in [5.41, 5.74) is 0. The molecule has 2 amide bonds. The third-order valence-electron chi connectivity index (χ3n) is 4.84. The monoisotopic (exact) mass is 310 g/mol. The summed E-state index contributed by atoms with van der Waals surface area (Å²) >= 11 is 0. The van der Waals surface area contributed by atoms with Crippen LogP contribution in [0.1, 0.15) is 32.6 Å². The molecule has 0 spiro atoms. The fraction of sp³-hybridized carbons (Fsp3) is 0.875. The Labute approximate surface area is 133 Å². The lowest BCUT2D eigenvalue weighted by molar-refractivity contribution is -0.134. The molecule has 2 saturated heterocycles. The molecular weight excluding hydrogens is 280 g/mol. The second-order valence-electron chi connectivity index (χ2n) is 6.64. The predicted molar refractivity (Wildman–Crippen MR) is 86.6 cm³/mol. The number of carbonyl (C=O) groups is 2. The van der Waals surface area contributed by atoms with Crippen LogP contribution < -0.4 is 5.32 Å². The molecule has 2 fully saturated rings. The molecule has 1 N–H and O–H groups in total. The van der Waals surface area contributed by atoms with E-state index in [1.807, 2.05) is 4.90 Å². The molecule has 1 atom stereocenters. The van der Waals surface area contributed by atoms with E-state index in [1.165, 1.54) is 0 Å². The average Bonchev–Trinajstić information content (AvgIpc) is 2.95. The summed E-state index contributed by atoms with van der Waals surface area (Å²) in [5, 5.41) is 3.15. The Balaban J connectivity index is 1.78. The van der Waals surface area contributed by atoms with E-state index in [2.05, 4.69) is 17.1 Å². The molecule has 0 aromatic rings. The van der Waals surface area contributed by atoms with E-state index in [9.17, 15) is 9.59 Å². The van der Waals surface area contributed by atoms with Gasteiger partial charge in [0.2, 0.25) is 11.8 Å². The maximum Gasteiger partial charge on any atom is 0.239 e. The zero-order valence-corrected chi connectivity index (χ0v) is 14.2. The first-order valence-electron chi connectivity index (χ1n) is 8.48. The molecular formula is C16H30N4O2. The molecule has 2 aliphatic heterocycles. The maximum absolute atomic E-state index is 12.3. The number of likely N-dealkylation sites (N-methyl/N-ethyl adjacent to an activating group) is 1. The van der Waals surface area contributed by atoms with Crippen molar-refractivity contribution in [1.29, 1.82) is 0 Å². The smallest absolute Gasteiger partial charge is 0.239 e. The lowest BCUT2D eigenvalue weighted by Crippen LogP contribution is -2.50. The highest BCUT2D eigenvalue weighted by molar-refractivity contribution is 5.83. The van der Waals surface area contributed by atoms with Crippen molar-refractivity contribution < 1.29 is 9.59 Å². The summed E-state index contributed by atoms with van der Waals surface area (Å²) in [7, 11) is 3.56. The van der Waals surface area contributed by atoms with Crippen LogP contribution in [0.2, 0.25) is 0 Å². The van der Waals surface area contributed by atoms with Crippen LogP contribution in [-0.4, -0.2) is 85.4 Å². The van der Waals surface area contributed by atoms with Gasteiger partial charge in [-0.2, -0.15) is 0 Å². The molecule has 22 heavy (non-hydrogen) atoms. The minimum atomic E-state index is -0.123. The summed E-state index contributed by atoms with van der Waals surface area (Å²) in [6.45, 7) is 6.57. The minimum absolute atomic E-state index is 0.0633. The lowest BCUT2D eigenvalue weighted by atomic mass is 10.1. The average molecular weight is 310 g/mol. The van der Waals surface area contributed by atoms with Crippen molar-refractivity contribution in [3.63, 3.8) is 0 Å². The Bertz CT molecular complexity index is 392. The summed E-state index contributed by atoms with van der Waals surface area (Å²) in [5.74, 6) is 0.176. The zero-order valence-electron chi connectivity index (χ0n) is 14.2. The standard InChI is InChI=1S/C16H30N4O2/c1-4-19-10-7-13(8-11-19)17-15(21)12-20-9-5-6-14(20)16(22)18(2)3/h13-14H,4-12H2,1-3H3,(H,17,21). The number of amides is 2. The van der Waals surface area contributed by atoms with Gasteiger partial charge in [-0.15, -0.1) is 0 Å². The molecule has 6 nitrogen and oxygen atoms in total. The first-order chi connectivity index (χ1) is 10.5. The van der Waals surface area contributed by atoms with Crippen molar-refractivity contribution in [3.8, 4) is 0 Å². The predicted octanol–water partition coefficient (Wildman–Crippen LogP) is 0.140. The highest BCUT2D eigenvalue weighted by Crippen LogP contribution is 2.18. The summed E-state index contributed by atoms with van der Waals surface area (Å²) in [4.78, 5) is 30.5. The molecule has 2 rings (SSSR count). The van der Waals surface area contributed by atoms with E-state index in [-0.39, 0.29) is 17.9 Å². The molecule has 6 heteroatoms. The summed E-state index contributed by atoms with van der Waals surface area (Å²) < 4.78 is 0. The second kappa shape index (κ2) is 7.92. The Morgan fingerprint density at radius 1 is 1.14 bits per heavy atom. The maximum atomic E-state index is 12.3. The lowest BCUT2D eigenvalue weighted by Gasteiger charge is -2.32. The van der Waals surface area contributed by atoms with Gasteiger partial charge < -0.3 is 15.1 Å². The van der Waals surface area contributed by atoms with Gasteiger partial charge in [-0.1, -0.05) is 6.92 Å². The van der Waals surface area contributed by atoms with Gasteiger partial charge in [-0.3, -0.25) is 14.5 Å². The van der Waals surface area contributed by atoms with Gasteiger partial charge in [0.15, 0.2) is 0 Å². The van der Waals surface area contributed by atoms with Crippen molar-refractivity contribution in [2.45, 2.75) is 44.7 Å². The number of piperidine rings is 1. The topological polar surface area (TPSA) is 55.9 Å². The third-order valence-corrected chi connectivity index (χ3v) is 4.84. The third kappa shape index (κ3) is 4.43. The molecule has 0 aromatic carbocycles. The molecule has 2 heterocycles. The number of hydrogen-bond donors (Lipinski definition) is 1. The fourth-order valence-corrected chi connectivity index (χ4v) is 3.44. The van der Waals surface area contributed by atoms with E-state index in [0.717, 1.165) is 51.9 Å². The molecule has 0 radical (unpaired) electrons. The van der Waals surface area contributed by atoms with Gasteiger partial charge in [0, 0.05) is 33.2 Å². The first-order valence-corrected chi connectivity index (χ1v) is 8.48. The van der Waals surface area contributed by atoms with Gasteiger partial charge >= 0.3 is 0 Å². The summed E-state index contributed by atoms with van der Waals surface area (Å²) in [6, 6.07) is 0.170. The molecule has 2 aliphatic rings. The molecule has 0 bridgehead atoms. The minimum Gasteiger partial charge on any atom is -0.352 e. The highest BCUT2D eigenvalue weighted by atomic mass is 16.2. The van der Waals surface area contributed by atoms with E-state index in [0.29, 0.717) is 12.6 Å². The van der Waals surface area contributed by atoms with Crippen LogP contribution in [0.15, 0.2) is 0 Å². The first kappa shape index (κ1) is 17.2. The normalized spacial score (nSPS) is 24.4. The number of hydrogen-bond acceptors (Lipinski definition) is 4. The Morgan fingerprint density at radius 3 is 2.41 bits per heavy atom. The van der Waals surface area contributed by atoms with Crippen LogP contribution in [0.5, 0.6) is 0 Å². The number of nitrogens with one attached hydrogen (secondary N) is 1. The van der Waals surface area contributed by atoms with Crippen molar-refractivity contribution >= 4 is 11.8 Å². The quantitative estimate of drug-likeness (QED) is 0.785. The van der Waals surface area contributed by atoms with Crippen LogP contribution in [0, 0.1) is 0 Å².